The summed E-state index contributed by atoms with van der Waals surface area (Å²) in [4.78, 5) is 48.3. The smallest absolute Gasteiger partial charge is 0.425 e. The quantitative estimate of drug-likeness (QED) is 0.0900. The maximum absolute atomic E-state index is 12.6. The average Bonchev–Trinajstić information content (AvgIpc) is 3.19. The molecular formula is C48H54BrN3O7. The van der Waals surface area contributed by atoms with Crippen molar-refractivity contribution >= 4 is 67.5 Å². The predicted octanol–water partition coefficient (Wildman–Crippen LogP) is 12.4. The van der Waals surface area contributed by atoms with Gasteiger partial charge in [0.1, 0.15) is 17.5 Å². The van der Waals surface area contributed by atoms with Crippen LogP contribution in [-0.2, 0) is 9.47 Å². The number of carbonyl (C=O) groups is 4. The minimum atomic E-state index is -0.920. The molecule has 6 rings (SSSR count). The van der Waals surface area contributed by atoms with Gasteiger partial charge in [0.15, 0.2) is 11.6 Å². The van der Waals surface area contributed by atoms with Gasteiger partial charge >= 0.3 is 12.2 Å². The summed E-state index contributed by atoms with van der Waals surface area (Å²) >= 11 is 3.17. The Morgan fingerprint density at radius 3 is 1.78 bits per heavy atom. The topological polar surface area (TPSA) is 136 Å². The molecule has 1 N–H and O–H groups in total. The molecule has 5 aromatic carbocycles. The van der Waals surface area contributed by atoms with Gasteiger partial charge in [-0.05, 0) is 105 Å². The minimum Gasteiger partial charge on any atom is -0.443 e. The second kappa shape index (κ2) is 21.8. The van der Waals surface area contributed by atoms with Gasteiger partial charge in [-0.25, -0.2) is 9.59 Å². The number of rotatable bonds is 8. The molecule has 0 aliphatic heterocycles. The zero-order chi connectivity index (χ0) is 42.5. The fourth-order valence-electron chi connectivity index (χ4n) is 5.54. The van der Waals surface area contributed by atoms with E-state index < -0.39 is 23.4 Å². The van der Waals surface area contributed by atoms with Gasteiger partial charge < -0.3 is 14.6 Å². The van der Waals surface area contributed by atoms with Gasteiger partial charge in [-0.1, -0.05) is 128 Å². The first kappa shape index (κ1) is 47.6. The van der Waals surface area contributed by atoms with Crippen LogP contribution in [0.2, 0.25) is 0 Å². The molecule has 11 heteroatoms. The molecular weight excluding hydrogens is 810 g/mol. The second-order valence-electron chi connectivity index (χ2n) is 15.3. The average molecular weight is 865 g/mol. The molecule has 310 valence electrons. The van der Waals surface area contributed by atoms with E-state index in [0.717, 1.165) is 35.6 Å². The molecule has 10 nitrogen and oxygen atoms in total. The number of ether oxygens (including phenoxy) is 2. The Hall–Kier alpha value is -5.78. The van der Waals surface area contributed by atoms with E-state index in [0.29, 0.717) is 27.1 Å². The van der Waals surface area contributed by atoms with Gasteiger partial charge in [0.2, 0.25) is 0 Å². The van der Waals surface area contributed by atoms with Crippen LogP contribution in [-0.4, -0.2) is 56.1 Å². The van der Waals surface area contributed by atoms with Crippen molar-refractivity contribution in [2.75, 3.05) is 10.2 Å². The number of hydrogen-bond donors (Lipinski definition) is 1. The summed E-state index contributed by atoms with van der Waals surface area (Å²) < 4.78 is 10.6. The van der Waals surface area contributed by atoms with Crippen LogP contribution in [0.1, 0.15) is 101 Å². The van der Waals surface area contributed by atoms with E-state index in [4.69, 9.17) is 9.47 Å². The molecule has 1 unspecified atom stereocenters. The van der Waals surface area contributed by atoms with Crippen molar-refractivity contribution in [3.8, 4) is 11.3 Å². The highest BCUT2D eigenvalue weighted by Crippen LogP contribution is 2.25. The van der Waals surface area contributed by atoms with Gasteiger partial charge in [0.25, 0.3) is 0 Å². The van der Waals surface area contributed by atoms with Gasteiger partial charge in [-0.2, -0.15) is 4.90 Å². The lowest BCUT2D eigenvalue weighted by Crippen LogP contribution is -2.44. The van der Waals surface area contributed by atoms with Crippen LogP contribution in [0.5, 0.6) is 0 Å². The number of halogens is 1. The standard InChI is InChI=1S/C21H25N3O5.C14H16O.C12H9BrO.CH4/c1-20(2,3)28-18(26)24(19(27)29-21(4,5)6)17-11-10-16(22-23-17)15-9-7-8-14(12-15)13-25;1-2-5-14(15)13-9-8-11-6-3-4-7-12(11)10-13;13-8-12(14)11-6-5-9-3-1-2-4-10(9)7-11;/h7-13H,1-6H3;3-4,6-10,14-15H,2,5H2,1H3;1-7H,8H2;1H4. The number of amides is 2. The number of anilines is 1. The van der Waals surface area contributed by atoms with E-state index in [1.807, 2.05) is 60.7 Å². The van der Waals surface area contributed by atoms with Crippen LogP contribution < -0.4 is 4.90 Å². The lowest BCUT2D eigenvalue weighted by molar-refractivity contribution is 0.0428. The van der Waals surface area contributed by atoms with Crippen molar-refractivity contribution in [1.82, 2.24) is 10.2 Å². The van der Waals surface area contributed by atoms with E-state index in [1.54, 1.807) is 71.9 Å². The van der Waals surface area contributed by atoms with Crippen molar-refractivity contribution in [2.24, 2.45) is 0 Å². The summed E-state index contributed by atoms with van der Waals surface area (Å²) in [5, 5.41) is 23.0. The fraction of sp³-hybridized carbons (Fsp3) is 0.292. The van der Waals surface area contributed by atoms with E-state index in [1.165, 1.54) is 22.2 Å². The van der Waals surface area contributed by atoms with Gasteiger partial charge in [0, 0.05) is 16.7 Å². The zero-order valence-corrected chi connectivity index (χ0v) is 35.5. The summed E-state index contributed by atoms with van der Waals surface area (Å²) in [6.07, 6.45) is 0.415. The highest BCUT2D eigenvalue weighted by Gasteiger charge is 2.34. The van der Waals surface area contributed by atoms with Crippen LogP contribution in [0.3, 0.4) is 0 Å². The molecule has 0 fully saturated rings. The third kappa shape index (κ3) is 14.5. The number of ketones is 1. The molecule has 0 saturated heterocycles. The molecule has 0 aliphatic rings. The van der Waals surface area contributed by atoms with Crippen LogP contribution in [0.25, 0.3) is 32.8 Å². The molecule has 1 atom stereocenters. The number of imide groups is 1. The van der Waals surface area contributed by atoms with Crippen molar-refractivity contribution < 1.29 is 33.8 Å². The minimum absolute atomic E-state index is 0. The van der Waals surface area contributed by atoms with Crippen molar-refractivity contribution in [2.45, 2.75) is 86.0 Å². The molecule has 1 heterocycles. The van der Waals surface area contributed by atoms with Crippen LogP contribution in [0.4, 0.5) is 15.4 Å². The largest absolute Gasteiger partial charge is 0.443 e. The van der Waals surface area contributed by atoms with Crippen LogP contribution >= 0.6 is 15.9 Å². The fourth-order valence-corrected chi connectivity index (χ4v) is 5.87. The second-order valence-corrected chi connectivity index (χ2v) is 15.9. The highest BCUT2D eigenvalue weighted by molar-refractivity contribution is 9.09. The molecule has 1 aromatic heterocycles. The number of aliphatic hydroxyl groups excluding tert-OH is 1. The Bertz CT molecular complexity index is 2310. The number of alkyl halides is 1. The summed E-state index contributed by atoms with van der Waals surface area (Å²) in [5.41, 5.74) is 1.80. The molecule has 0 saturated carbocycles. The van der Waals surface area contributed by atoms with Crippen LogP contribution in [0, 0.1) is 0 Å². The Labute approximate surface area is 355 Å². The number of nitrogens with zero attached hydrogens (tertiary/aromatic N) is 3. The van der Waals surface area contributed by atoms with Crippen molar-refractivity contribution in [3.05, 3.63) is 138 Å². The number of carbonyl (C=O) groups excluding carboxylic acids is 4. The van der Waals surface area contributed by atoms with Crippen molar-refractivity contribution in [1.29, 1.82) is 0 Å². The van der Waals surface area contributed by atoms with Gasteiger partial charge in [0.05, 0.1) is 17.1 Å². The van der Waals surface area contributed by atoms with Gasteiger partial charge in [-0.15, -0.1) is 10.2 Å². The number of Topliss-reactive ketones (excluding diaryl/α,β-unsaturated/α-hetero) is 1. The zero-order valence-electron chi connectivity index (χ0n) is 33.9. The Kier molecular flexibility index (Phi) is 17.6. The Morgan fingerprint density at radius 1 is 0.712 bits per heavy atom. The summed E-state index contributed by atoms with van der Waals surface area (Å²) in [5.74, 6) is 0.0829. The molecule has 59 heavy (non-hydrogen) atoms. The molecule has 2 amide bonds. The molecule has 0 aliphatic carbocycles. The number of benzene rings is 5. The number of fused-ring (bicyclic) bond motifs is 2. The third-order valence-electron chi connectivity index (χ3n) is 8.26. The van der Waals surface area contributed by atoms with E-state index >= 15 is 0 Å². The third-order valence-corrected chi connectivity index (χ3v) is 8.77. The highest BCUT2D eigenvalue weighted by atomic mass is 79.9. The lowest BCUT2D eigenvalue weighted by Gasteiger charge is -2.27. The first-order valence-corrected chi connectivity index (χ1v) is 20.0. The lowest BCUT2D eigenvalue weighted by atomic mass is 10.0. The number of aldehydes is 1. The first-order valence-electron chi connectivity index (χ1n) is 18.9. The van der Waals surface area contributed by atoms with E-state index in [2.05, 4.69) is 57.3 Å². The van der Waals surface area contributed by atoms with Crippen LogP contribution in [0.15, 0.2) is 121 Å². The van der Waals surface area contributed by atoms with E-state index in [9.17, 15) is 24.3 Å². The monoisotopic (exact) mass is 863 g/mol. The van der Waals surface area contributed by atoms with Gasteiger partial charge in [-0.3, -0.25) is 9.59 Å². The molecule has 0 spiro atoms. The predicted molar refractivity (Wildman–Crippen MR) is 240 cm³/mol. The molecule has 0 radical (unpaired) electrons. The maximum atomic E-state index is 12.6. The number of aliphatic hydroxyl groups is 1. The normalized spacial score (nSPS) is 11.4. The molecule has 0 bridgehead atoms. The maximum Gasteiger partial charge on any atom is 0.425 e. The first-order chi connectivity index (χ1) is 27.5. The summed E-state index contributed by atoms with van der Waals surface area (Å²) in [6, 6.07) is 38.1. The number of aromatic nitrogens is 2. The Morgan fingerprint density at radius 2 is 1.27 bits per heavy atom. The van der Waals surface area contributed by atoms with E-state index in [-0.39, 0.29) is 25.1 Å². The number of hydrogen-bond acceptors (Lipinski definition) is 9. The SMILES string of the molecule is C.CC(C)(C)OC(=O)N(C(=O)OC(C)(C)C)c1ccc(-c2cccc(C=O)c2)nn1.CCCC(O)c1ccc2ccccc2c1.O=C(CBr)c1ccc2ccccc2c1. The summed E-state index contributed by atoms with van der Waals surface area (Å²) in [6.45, 7) is 12.2. The Balaban J connectivity index is 0.000000259. The molecule has 6 aromatic rings. The van der Waals surface area contributed by atoms with Crippen molar-refractivity contribution in [3.63, 3.8) is 0 Å². The summed E-state index contributed by atoms with van der Waals surface area (Å²) in [7, 11) is 0.